The molecule has 2 N–H and O–H groups in total. The van der Waals surface area contributed by atoms with Gasteiger partial charge in [-0.2, -0.15) is 4.99 Å². The minimum Gasteiger partial charge on any atom is -0.387 e. The third-order valence-electron chi connectivity index (χ3n) is 4.16. The van der Waals surface area contributed by atoms with Crippen molar-refractivity contribution in [1.29, 1.82) is 0 Å². The lowest BCUT2D eigenvalue weighted by molar-refractivity contribution is -0.190. The molecule has 0 radical (unpaired) electrons. The molecule has 1 aromatic carbocycles. The molecule has 3 unspecified atom stereocenters. The van der Waals surface area contributed by atoms with E-state index in [4.69, 9.17) is 10.5 Å². The van der Waals surface area contributed by atoms with Crippen molar-refractivity contribution < 1.29 is 9.53 Å². The van der Waals surface area contributed by atoms with Crippen LogP contribution >= 0.6 is 0 Å². The Kier molecular flexibility index (Phi) is 3.92. The normalized spacial score (nSPS) is 29.0. The smallest absolute Gasteiger partial charge is 0.347 e. The van der Waals surface area contributed by atoms with Crippen LogP contribution in [0.2, 0.25) is 0 Å². The molecule has 0 aromatic heterocycles. The van der Waals surface area contributed by atoms with Crippen LogP contribution in [0.1, 0.15) is 31.7 Å². The molecule has 112 valence electrons. The van der Waals surface area contributed by atoms with Crippen molar-refractivity contribution in [3.05, 3.63) is 35.9 Å². The van der Waals surface area contributed by atoms with Gasteiger partial charge in [-0.1, -0.05) is 30.3 Å². The maximum absolute atomic E-state index is 11.9. The van der Waals surface area contributed by atoms with Crippen LogP contribution < -0.4 is 5.73 Å². The van der Waals surface area contributed by atoms with Crippen LogP contribution in [0.3, 0.4) is 0 Å². The number of aliphatic imine (C=N–C) groups is 1. The third kappa shape index (κ3) is 3.08. The van der Waals surface area contributed by atoms with Gasteiger partial charge >= 0.3 is 6.03 Å². The minimum absolute atomic E-state index is 0.0649. The number of nitrogens with two attached hydrogens (primary N) is 1. The van der Waals surface area contributed by atoms with Crippen LogP contribution in [0.15, 0.2) is 35.3 Å². The first kappa shape index (κ1) is 14.1. The van der Waals surface area contributed by atoms with E-state index in [9.17, 15) is 4.79 Å². The lowest BCUT2D eigenvalue weighted by Gasteiger charge is -2.45. The highest BCUT2D eigenvalue weighted by atomic mass is 16.5. The molecule has 21 heavy (non-hydrogen) atoms. The number of urea groups is 1. The van der Waals surface area contributed by atoms with Gasteiger partial charge in [0.1, 0.15) is 12.1 Å². The first-order chi connectivity index (χ1) is 10.1. The van der Waals surface area contributed by atoms with Gasteiger partial charge in [0.2, 0.25) is 0 Å². The number of hydrogen-bond donors (Lipinski definition) is 1. The summed E-state index contributed by atoms with van der Waals surface area (Å²) >= 11 is 0. The summed E-state index contributed by atoms with van der Waals surface area (Å²) in [5, 5.41) is 0. The quantitative estimate of drug-likeness (QED) is 0.924. The van der Waals surface area contributed by atoms with Crippen molar-refractivity contribution in [2.24, 2.45) is 10.7 Å². The van der Waals surface area contributed by atoms with Gasteiger partial charge < -0.3 is 10.5 Å². The van der Waals surface area contributed by atoms with Crippen molar-refractivity contribution >= 4 is 11.9 Å². The van der Waals surface area contributed by atoms with Crippen LogP contribution in [-0.2, 0) is 11.2 Å². The Bertz CT molecular complexity index is 538. The van der Waals surface area contributed by atoms with Crippen LogP contribution in [0.5, 0.6) is 0 Å². The zero-order valence-corrected chi connectivity index (χ0v) is 12.2. The standard InChI is InChI=1S/C16H21N3O2/c1-11-9-14(17)18-16(20)19(11)15-10-13(21-15)8-7-12-5-3-2-4-6-12/h2-6,11,13,15H,7-10H2,1H3,(H2,17,18,20). The molecule has 1 saturated heterocycles. The number of ether oxygens (including phenoxy) is 1. The minimum atomic E-state index is -0.266. The zero-order chi connectivity index (χ0) is 14.8. The summed E-state index contributed by atoms with van der Waals surface area (Å²) in [6.45, 7) is 1.99. The van der Waals surface area contributed by atoms with E-state index >= 15 is 0 Å². The second-order valence-corrected chi connectivity index (χ2v) is 5.82. The van der Waals surface area contributed by atoms with E-state index in [1.807, 2.05) is 13.0 Å². The van der Waals surface area contributed by atoms with Gasteiger partial charge in [-0.25, -0.2) is 4.79 Å². The predicted molar refractivity (Wildman–Crippen MR) is 81.0 cm³/mol. The number of amidine groups is 1. The number of hydrogen-bond acceptors (Lipinski definition) is 3. The zero-order valence-electron chi connectivity index (χ0n) is 12.2. The molecule has 5 nitrogen and oxygen atoms in total. The maximum Gasteiger partial charge on any atom is 0.347 e. The van der Waals surface area contributed by atoms with Crippen LogP contribution in [0, 0.1) is 0 Å². The summed E-state index contributed by atoms with van der Waals surface area (Å²) in [6, 6.07) is 10.2. The highest BCUT2D eigenvalue weighted by Gasteiger charge is 2.40. The highest BCUT2D eigenvalue weighted by molar-refractivity contribution is 5.95. The number of amides is 2. The number of nitrogens with zero attached hydrogens (tertiary/aromatic N) is 2. The molecule has 0 spiro atoms. The number of carbonyl (C=O) groups is 1. The number of aryl methyl sites for hydroxylation is 1. The molecule has 0 bridgehead atoms. The van der Waals surface area contributed by atoms with Crippen molar-refractivity contribution in [1.82, 2.24) is 4.90 Å². The Balaban J connectivity index is 1.48. The monoisotopic (exact) mass is 287 g/mol. The summed E-state index contributed by atoms with van der Waals surface area (Å²) in [4.78, 5) is 17.5. The molecule has 1 fully saturated rings. The van der Waals surface area contributed by atoms with Gasteiger partial charge in [0.15, 0.2) is 0 Å². The Hall–Kier alpha value is -1.88. The summed E-state index contributed by atoms with van der Waals surface area (Å²) in [5.74, 6) is 0.420. The Morgan fingerprint density at radius 3 is 2.76 bits per heavy atom. The van der Waals surface area contributed by atoms with Gasteiger partial charge in [0, 0.05) is 18.9 Å². The Morgan fingerprint density at radius 2 is 2.10 bits per heavy atom. The van der Waals surface area contributed by atoms with Crippen LogP contribution in [0.4, 0.5) is 4.79 Å². The number of carbonyl (C=O) groups excluding carboxylic acids is 1. The van der Waals surface area contributed by atoms with Crippen molar-refractivity contribution in [3.63, 3.8) is 0 Å². The fourth-order valence-electron chi connectivity index (χ4n) is 3.00. The molecule has 2 aliphatic rings. The summed E-state index contributed by atoms with van der Waals surface area (Å²) in [6.07, 6.45) is 3.61. The van der Waals surface area contributed by atoms with Gasteiger partial charge in [-0.3, -0.25) is 4.90 Å². The molecule has 0 aliphatic carbocycles. The first-order valence-electron chi connectivity index (χ1n) is 7.48. The molecule has 2 amide bonds. The largest absolute Gasteiger partial charge is 0.387 e. The lowest BCUT2D eigenvalue weighted by Crippen LogP contribution is -2.57. The molecule has 1 aromatic rings. The molecular weight excluding hydrogens is 266 g/mol. The summed E-state index contributed by atoms with van der Waals surface area (Å²) in [5.41, 5.74) is 6.96. The average Bonchev–Trinajstić information content (AvgIpc) is 2.40. The number of rotatable bonds is 4. The van der Waals surface area contributed by atoms with Crippen molar-refractivity contribution in [2.75, 3.05) is 0 Å². The van der Waals surface area contributed by atoms with Crippen LogP contribution in [-0.4, -0.2) is 35.1 Å². The number of benzene rings is 1. The summed E-state index contributed by atoms with van der Waals surface area (Å²) in [7, 11) is 0. The lowest BCUT2D eigenvalue weighted by atomic mass is 9.99. The van der Waals surface area contributed by atoms with Gasteiger partial charge in [0.05, 0.1) is 6.10 Å². The molecular formula is C16H21N3O2. The highest BCUT2D eigenvalue weighted by Crippen LogP contribution is 2.31. The molecule has 2 aliphatic heterocycles. The fraction of sp³-hybridized carbons (Fsp3) is 0.500. The van der Waals surface area contributed by atoms with Crippen molar-refractivity contribution in [2.45, 2.75) is 51.0 Å². The molecule has 3 atom stereocenters. The third-order valence-corrected chi connectivity index (χ3v) is 4.16. The topological polar surface area (TPSA) is 67.9 Å². The molecule has 5 heteroatoms. The Labute approximate surface area is 124 Å². The van der Waals surface area contributed by atoms with Crippen LogP contribution in [0.25, 0.3) is 0 Å². The average molecular weight is 287 g/mol. The van der Waals surface area contributed by atoms with Gasteiger partial charge in [-0.15, -0.1) is 0 Å². The first-order valence-corrected chi connectivity index (χ1v) is 7.48. The molecule has 3 rings (SSSR count). The Morgan fingerprint density at radius 1 is 1.38 bits per heavy atom. The molecule has 0 saturated carbocycles. The maximum atomic E-state index is 11.9. The SMILES string of the molecule is CC1CC(N)=NC(=O)N1C1CC(CCc2ccccc2)O1. The van der Waals surface area contributed by atoms with E-state index in [2.05, 4.69) is 29.3 Å². The van der Waals surface area contributed by atoms with E-state index in [1.165, 1.54) is 5.56 Å². The fourth-order valence-corrected chi connectivity index (χ4v) is 3.00. The second kappa shape index (κ2) is 5.85. The van der Waals surface area contributed by atoms with Gasteiger partial charge in [0.25, 0.3) is 0 Å². The predicted octanol–water partition coefficient (Wildman–Crippen LogP) is 2.31. The van der Waals surface area contributed by atoms with E-state index in [-0.39, 0.29) is 24.4 Å². The van der Waals surface area contributed by atoms with E-state index in [0.717, 1.165) is 19.3 Å². The second-order valence-electron chi connectivity index (χ2n) is 5.82. The van der Waals surface area contributed by atoms with E-state index < -0.39 is 0 Å². The summed E-state index contributed by atoms with van der Waals surface area (Å²) < 4.78 is 5.87. The molecule has 2 heterocycles. The van der Waals surface area contributed by atoms with E-state index in [0.29, 0.717) is 12.3 Å². The van der Waals surface area contributed by atoms with Crippen molar-refractivity contribution in [3.8, 4) is 0 Å². The van der Waals surface area contributed by atoms with E-state index in [1.54, 1.807) is 4.90 Å². The van der Waals surface area contributed by atoms with Gasteiger partial charge in [-0.05, 0) is 25.3 Å².